The number of hydrogen-bond donors (Lipinski definition) is 1. The molecule has 90 valence electrons. The van der Waals surface area contributed by atoms with Crippen molar-refractivity contribution in [1.82, 2.24) is 4.90 Å². The average molecular weight is 238 g/mol. The highest BCUT2D eigenvalue weighted by atomic mass is 32.1. The summed E-state index contributed by atoms with van der Waals surface area (Å²) in [7, 11) is 0. The molecule has 3 heteroatoms. The third kappa shape index (κ3) is 3.06. The van der Waals surface area contributed by atoms with Gasteiger partial charge in [-0.25, -0.2) is 0 Å². The first-order valence-electron chi connectivity index (χ1n) is 6.23. The lowest BCUT2D eigenvalue weighted by Gasteiger charge is -2.37. The van der Waals surface area contributed by atoms with Crippen LogP contribution in [0.1, 0.15) is 38.2 Å². The Labute approximate surface area is 102 Å². The molecule has 2 N–H and O–H groups in total. The molecule has 1 fully saturated rings. The smallest absolute Gasteiger partial charge is 0.0699 e. The Morgan fingerprint density at radius 2 is 2.00 bits per heavy atom. The number of hydrogen-bond acceptors (Lipinski definition) is 3. The molecule has 0 radical (unpaired) electrons. The van der Waals surface area contributed by atoms with Crippen molar-refractivity contribution in [3.63, 3.8) is 0 Å². The van der Waals surface area contributed by atoms with E-state index in [0.717, 1.165) is 19.5 Å². The molecular weight excluding hydrogens is 216 g/mol. The Morgan fingerprint density at radius 1 is 1.31 bits per heavy atom. The minimum atomic E-state index is -0.175. The monoisotopic (exact) mass is 238 g/mol. The molecule has 1 aliphatic heterocycles. The fraction of sp³-hybridized carbons (Fsp3) is 0.692. The maximum absolute atomic E-state index is 6.48. The van der Waals surface area contributed by atoms with E-state index in [9.17, 15) is 0 Å². The SMILES string of the molecule is CC(N)(Cc1ccsc1)N1CCCCCC1. The molecule has 1 unspecified atom stereocenters. The molecule has 0 bridgehead atoms. The molecule has 2 heterocycles. The van der Waals surface area contributed by atoms with Crippen LogP contribution >= 0.6 is 11.3 Å². The van der Waals surface area contributed by atoms with Gasteiger partial charge in [-0.2, -0.15) is 11.3 Å². The van der Waals surface area contributed by atoms with Gasteiger partial charge in [0.15, 0.2) is 0 Å². The number of nitrogens with two attached hydrogens (primary N) is 1. The van der Waals surface area contributed by atoms with E-state index in [-0.39, 0.29) is 5.66 Å². The van der Waals surface area contributed by atoms with Crippen LogP contribution in [0.3, 0.4) is 0 Å². The van der Waals surface area contributed by atoms with E-state index in [1.807, 2.05) is 0 Å². The van der Waals surface area contributed by atoms with Crippen molar-refractivity contribution < 1.29 is 0 Å². The summed E-state index contributed by atoms with van der Waals surface area (Å²) in [5, 5.41) is 4.34. The molecule has 1 aromatic heterocycles. The van der Waals surface area contributed by atoms with Crippen molar-refractivity contribution in [2.24, 2.45) is 5.73 Å². The molecule has 0 amide bonds. The second-order valence-corrected chi connectivity index (χ2v) is 5.85. The molecule has 1 saturated heterocycles. The van der Waals surface area contributed by atoms with Crippen molar-refractivity contribution in [2.45, 2.75) is 44.7 Å². The van der Waals surface area contributed by atoms with Gasteiger partial charge in [0.25, 0.3) is 0 Å². The van der Waals surface area contributed by atoms with E-state index in [0.29, 0.717) is 0 Å². The van der Waals surface area contributed by atoms with E-state index in [2.05, 4.69) is 28.7 Å². The third-order valence-corrected chi connectivity index (χ3v) is 4.20. The summed E-state index contributed by atoms with van der Waals surface area (Å²) in [5.74, 6) is 0. The summed E-state index contributed by atoms with van der Waals surface area (Å²) in [6.45, 7) is 4.50. The first kappa shape index (κ1) is 12.1. The molecule has 0 aromatic carbocycles. The lowest BCUT2D eigenvalue weighted by molar-refractivity contribution is 0.113. The zero-order valence-electron chi connectivity index (χ0n) is 10.1. The van der Waals surface area contributed by atoms with Crippen molar-refractivity contribution in [3.8, 4) is 0 Å². The van der Waals surface area contributed by atoms with Crippen LogP contribution in [0.4, 0.5) is 0 Å². The van der Waals surface area contributed by atoms with E-state index < -0.39 is 0 Å². The highest BCUT2D eigenvalue weighted by Crippen LogP contribution is 2.21. The normalized spacial score (nSPS) is 22.6. The lowest BCUT2D eigenvalue weighted by Crippen LogP contribution is -2.55. The van der Waals surface area contributed by atoms with Gasteiger partial charge in [0, 0.05) is 6.42 Å². The Morgan fingerprint density at radius 3 is 2.56 bits per heavy atom. The summed E-state index contributed by atoms with van der Waals surface area (Å²) in [5.41, 5.74) is 7.68. The summed E-state index contributed by atoms with van der Waals surface area (Å²) in [6, 6.07) is 2.19. The van der Waals surface area contributed by atoms with E-state index in [1.54, 1.807) is 11.3 Å². The van der Waals surface area contributed by atoms with E-state index in [4.69, 9.17) is 5.73 Å². The molecular formula is C13H22N2S. The highest BCUT2D eigenvalue weighted by molar-refractivity contribution is 7.07. The van der Waals surface area contributed by atoms with Gasteiger partial charge < -0.3 is 5.73 Å². The number of nitrogens with zero attached hydrogens (tertiary/aromatic N) is 1. The Balaban J connectivity index is 1.99. The molecule has 1 atom stereocenters. The van der Waals surface area contributed by atoms with Gasteiger partial charge in [0.05, 0.1) is 5.66 Å². The van der Waals surface area contributed by atoms with Crippen molar-refractivity contribution >= 4 is 11.3 Å². The second-order valence-electron chi connectivity index (χ2n) is 5.07. The predicted octanol–water partition coefficient (Wildman–Crippen LogP) is 2.84. The number of likely N-dealkylation sites (tertiary alicyclic amines) is 1. The first-order chi connectivity index (χ1) is 7.68. The molecule has 1 aromatic rings. The first-order valence-corrected chi connectivity index (χ1v) is 7.18. The van der Waals surface area contributed by atoms with Crippen LogP contribution in [0.25, 0.3) is 0 Å². The molecule has 0 aliphatic carbocycles. The van der Waals surface area contributed by atoms with Crippen molar-refractivity contribution in [3.05, 3.63) is 22.4 Å². The molecule has 0 spiro atoms. The minimum Gasteiger partial charge on any atom is -0.313 e. The van der Waals surface area contributed by atoms with Crippen LogP contribution in [0, 0.1) is 0 Å². The molecule has 0 saturated carbocycles. The van der Waals surface area contributed by atoms with Gasteiger partial charge in [-0.3, -0.25) is 4.90 Å². The zero-order chi connectivity index (χ0) is 11.4. The van der Waals surface area contributed by atoms with Gasteiger partial charge in [-0.05, 0) is 55.2 Å². The van der Waals surface area contributed by atoms with Crippen LogP contribution in [0.5, 0.6) is 0 Å². The summed E-state index contributed by atoms with van der Waals surface area (Å²) >= 11 is 1.76. The average Bonchev–Trinajstić information content (AvgIpc) is 2.56. The van der Waals surface area contributed by atoms with Gasteiger partial charge in [-0.1, -0.05) is 12.8 Å². The molecule has 1 aliphatic rings. The highest BCUT2D eigenvalue weighted by Gasteiger charge is 2.27. The molecule has 2 rings (SSSR count). The van der Waals surface area contributed by atoms with Gasteiger partial charge in [0.2, 0.25) is 0 Å². The standard InChI is InChI=1S/C13H22N2S/c1-13(14,10-12-6-9-16-11-12)15-7-4-2-3-5-8-15/h6,9,11H,2-5,7-8,10,14H2,1H3. The quantitative estimate of drug-likeness (QED) is 0.877. The number of rotatable bonds is 3. The second kappa shape index (κ2) is 5.30. The summed E-state index contributed by atoms with van der Waals surface area (Å²) < 4.78 is 0. The van der Waals surface area contributed by atoms with Gasteiger partial charge in [-0.15, -0.1) is 0 Å². The van der Waals surface area contributed by atoms with Gasteiger partial charge >= 0.3 is 0 Å². The van der Waals surface area contributed by atoms with Crippen molar-refractivity contribution in [2.75, 3.05) is 13.1 Å². The van der Waals surface area contributed by atoms with Crippen molar-refractivity contribution in [1.29, 1.82) is 0 Å². The Bertz CT molecular complexity index is 298. The minimum absolute atomic E-state index is 0.175. The van der Waals surface area contributed by atoms with Crippen LogP contribution in [-0.2, 0) is 6.42 Å². The third-order valence-electron chi connectivity index (χ3n) is 3.47. The van der Waals surface area contributed by atoms with Crippen LogP contribution < -0.4 is 5.73 Å². The Kier molecular flexibility index (Phi) is 4.00. The Hall–Kier alpha value is -0.380. The fourth-order valence-electron chi connectivity index (χ4n) is 2.50. The van der Waals surface area contributed by atoms with Crippen LogP contribution in [0.2, 0.25) is 0 Å². The molecule has 2 nitrogen and oxygen atoms in total. The maximum Gasteiger partial charge on any atom is 0.0699 e. The number of thiophene rings is 1. The van der Waals surface area contributed by atoms with Gasteiger partial charge in [0.1, 0.15) is 0 Å². The maximum atomic E-state index is 6.48. The zero-order valence-corrected chi connectivity index (χ0v) is 10.9. The topological polar surface area (TPSA) is 29.3 Å². The predicted molar refractivity (Wildman–Crippen MR) is 70.7 cm³/mol. The van der Waals surface area contributed by atoms with Crippen LogP contribution in [0.15, 0.2) is 16.8 Å². The van der Waals surface area contributed by atoms with E-state index >= 15 is 0 Å². The molecule has 16 heavy (non-hydrogen) atoms. The largest absolute Gasteiger partial charge is 0.313 e. The van der Waals surface area contributed by atoms with Crippen LogP contribution in [-0.4, -0.2) is 23.7 Å². The summed E-state index contributed by atoms with van der Waals surface area (Å²) in [6.07, 6.45) is 6.30. The van der Waals surface area contributed by atoms with E-state index in [1.165, 1.54) is 31.2 Å². The summed E-state index contributed by atoms with van der Waals surface area (Å²) in [4.78, 5) is 2.47. The lowest BCUT2D eigenvalue weighted by atomic mass is 10.0. The fourth-order valence-corrected chi connectivity index (χ4v) is 3.17.